The molecule has 2 N–H and O–H groups in total. The van der Waals surface area contributed by atoms with E-state index in [1.54, 1.807) is 0 Å². The number of rotatable bonds is 7. The predicted molar refractivity (Wildman–Crippen MR) is 76.7 cm³/mol. The van der Waals surface area contributed by atoms with E-state index in [4.69, 9.17) is 0 Å². The van der Waals surface area contributed by atoms with E-state index in [0.29, 0.717) is 19.5 Å². The first-order valence-electron chi connectivity index (χ1n) is 7.64. The Morgan fingerprint density at radius 2 is 1.68 bits per heavy atom. The molecule has 0 aromatic rings. The summed E-state index contributed by atoms with van der Waals surface area (Å²) < 4.78 is 0. The van der Waals surface area contributed by atoms with Crippen LogP contribution < -0.4 is 10.6 Å². The Balaban J connectivity index is 2.00. The molecule has 110 valence electrons. The molecular formula is C15H28N2O2. The molecule has 1 rings (SSSR count). The fraction of sp³-hybridized carbons (Fsp3) is 0.867. The number of carbonyl (C=O) groups is 2. The molecule has 2 amide bonds. The number of carbonyl (C=O) groups excluding carboxylic acids is 2. The van der Waals surface area contributed by atoms with Crippen LogP contribution >= 0.6 is 0 Å². The second kappa shape index (κ2) is 8.94. The van der Waals surface area contributed by atoms with Gasteiger partial charge in [-0.1, -0.05) is 46.0 Å². The number of nitrogens with one attached hydrogen (secondary N) is 2. The zero-order valence-corrected chi connectivity index (χ0v) is 12.3. The summed E-state index contributed by atoms with van der Waals surface area (Å²) in [6.07, 6.45) is 8.24. The maximum Gasteiger partial charge on any atom is 0.222 e. The van der Waals surface area contributed by atoms with Crippen LogP contribution in [0, 0.1) is 11.8 Å². The van der Waals surface area contributed by atoms with Gasteiger partial charge in [0.1, 0.15) is 0 Å². The van der Waals surface area contributed by atoms with Gasteiger partial charge >= 0.3 is 0 Å². The lowest BCUT2D eigenvalue weighted by Gasteiger charge is -2.21. The summed E-state index contributed by atoms with van der Waals surface area (Å²) in [5, 5.41) is 5.65. The third-order valence-electron chi connectivity index (χ3n) is 3.78. The van der Waals surface area contributed by atoms with Crippen LogP contribution in [0.15, 0.2) is 0 Å². The molecule has 1 saturated carbocycles. The van der Waals surface area contributed by atoms with Gasteiger partial charge in [-0.3, -0.25) is 9.59 Å². The van der Waals surface area contributed by atoms with Gasteiger partial charge in [0.2, 0.25) is 11.8 Å². The van der Waals surface area contributed by atoms with E-state index in [1.807, 2.05) is 13.8 Å². The molecular weight excluding hydrogens is 240 g/mol. The standard InChI is InChI=1S/C15H28N2O2/c1-12(2)15(19)17-11-10-16-14(18)9-8-13-6-4-3-5-7-13/h12-13H,3-11H2,1-2H3,(H,16,18)(H,17,19). The van der Waals surface area contributed by atoms with Crippen molar-refractivity contribution in [2.24, 2.45) is 11.8 Å². The van der Waals surface area contributed by atoms with E-state index in [1.165, 1.54) is 32.1 Å². The van der Waals surface area contributed by atoms with Crippen LogP contribution in [-0.2, 0) is 9.59 Å². The Labute approximate surface area is 116 Å². The van der Waals surface area contributed by atoms with Gasteiger partial charge in [-0.25, -0.2) is 0 Å². The molecule has 0 atom stereocenters. The first kappa shape index (κ1) is 16.0. The van der Waals surface area contributed by atoms with Crippen LogP contribution in [0.5, 0.6) is 0 Å². The van der Waals surface area contributed by atoms with Gasteiger partial charge in [0, 0.05) is 25.4 Å². The third kappa shape index (κ3) is 7.19. The highest BCUT2D eigenvalue weighted by Crippen LogP contribution is 2.27. The molecule has 1 fully saturated rings. The minimum atomic E-state index is 0.00185. The van der Waals surface area contributed by atoms with Crippen molar-refractivity contribution in [3.63, 3.8) is 0 Å². The second-order valence-corrected chi connectivity index (χ2v) is 5.84. The molecule has 0 aliphatic heterocycles. The molecule has 1 aliphatic rings. The zero-order valence-electron chi connectivity index (χ0n) is 12.3. The van der Waals surface area contributed by atoms with Crippen LogP contribution in [0.25, 0.3) is 0 Å². The van der Waals surface area contributed by atoms with E-state index in [9.17, 15) is 9.59 Å². The summed E-state index contributed by atoms with van der Waals surface area (Å²) in [6.45, 7) is 4.77. The van der Waals surface area contributed by atoms with E-state index < -0.39 is 0 Å². The lowest BCUT2D eigenvalue weighted by atomic mass is 9.86. The van der Waals surface area contributed by atoms with Gasteiger partial charge in [0.25, 0.3) is 0 Å². The Morgan fingerprint density at radius 3 is 2.32 bits per heavy atom. The van der Waals surface area contributed by atoms with Crippen molar-refractivity contribution in [1.29, 1.82) is 0 Å². The van der Waals surface area contributed by atoms with Crippen molar-refractivity contribution in [1.82, 2.24) is 10.6 Å². The van der Waals surface area contributed by atoms with Crippen LogP contribution in [0.4, 0.5) is 0 Å². The Bertz CT molecular complexity index is 284. The van der Waals surface area contributed by atoms with Gasteiger partial charge in [0.05, 0.1) is 0 Å². The van der Waals surface area contributed by atoms with Gasteiger partial charge in [-0.15, -0.1) is 0 Å². The quantitative estimate of drug-likeness (QED) is 0.696. The van der Waals surface area contributed by atoms with Crippen LogP contribution in [0.1, 0.15) is 58.8 Å². The van der Waals surface area contributed by atoms with Crippen molar-refractivity contribution in [2.75, 3.05) is 13.1 Å². The third-order valence-corrected chi connectivity index (χ3v) is 3.78. The lowest BCUT2D eigenvalue weighted by Crippen LogP contribution is -2.36. The first-order chi connectivity index (χ1) is 9.09. The normalized spacial score (nSPS) is 16.4. The second-order valence-electron chi connectivity index (χ2n) is 5.84. The van der Waals surface area contributed by atoms with Gasteiger partial charge < -0.3 is 10.6 Å². The molecule has 4 heteroatoms. The van der Waals surface area contributed by atoms with Crippen LogP contribution in [0.3, 0.4) is 0 Å². The topological polar surface area (TPSA) is 58.2 Å². The minimum absolute atomic E-state index is 0.00185. The summed E-state index contributed by atoms with van der Waals surface area (Å²) in [5.74, 6) is 0.906. The van der Waals surface area contributed by atoms with E-state index in [-0.39, 0.29) is 17.7 Å². The van der Waals surface area contributed by atoms with E-state index in [2.05, 4.69) is 10.6 Å². The molecule has 0 aromatic heterocycles. The molecule has 0 bridgehead atoms. The van der Waals surface area contributed by atoms with Crippen molar-refractivity contribution >= 4 is 11.8 Å². The summed E-state index contributed by atoms with van der Waals surface area (Å²) in [4.78, 5) is 22.9. The van der Waals surface area contributed by atoms with Gasteiger partial charge in [-0.2, -0.15) is 0 Å². The van der Waals surface area contributed by atoms with Crippen molar-refractivity contribution < 1.29 is 9.59 Å². The van der Waals surface area contributed by atoms with Crippen molar-refractivity contribution in [3.8, 4) is 0 Å². The number of amides is 2. The largest absolute Gasteiger partial charge is 0.354 e. The fourth-order valence-electron chi connectivity index (χ4n) is 2.49. The molecule has 0 aromatic carbocycles. The highest BCUT2D eigenvalue weighted by Gasteiger charge is 2.14. The number of hydrogen-bond donors (Lipinski definition) is 2. The Morgan fingerprint density at radius 1 is 1.05 bits per heavy atom. The van der Waals surface area contributed by atoms with Gasteiger partial charge in [0.15, 0.2) is 0 Å². The van der Waals surface area contributed by atoms with E-state index in [0.717, 1.165) is 12.3 Å². The molecule has 0 radical (unpaired) electrons. The Kier molecular flexibility index (Phi) is 7.53. The maximum atomic E-state index is 11.6. The summed E-state index contributed by atoms with van der Waals surface area (Å²) in [7, 11) is 0. The fourth-order valence-corrected chi connectivity index (χ4v) is 2.49. The molecule has 0 unspecified atom stereocenters. The molecule has 0 heterocycles. The van der Waals surface area contributed by atoms with Crippen molar-refractivity contribution in [2.45, 2.75) is 58.8 Å². The number of hydrogen-bond acceptors (Lipinski definition) is 2. The minimum Gasteiger partial charge on any atom is -0.354 e. The molecule has 19 heavy (non-hydrogen) atoms. The average Bonchev–Trinajstić information content (AvgIpc) is 2.42. The Hall–Kier alpha value is -1.06. The molecule has 0 saturated heterocycles. The molecule has 0 spiro atoms. The molecule has 1 aliphatic carbocycles. The highest BCUT2D eigenvalue weighted by molar-refractivity contribution is 5.78. The first-order valence-corrected chi connectivity index (χ1v) is 7.64. The monoisotopic (exact) mass is 268 g/mol. The smallest absolute Gasteiger partial charge is 0.222 e. The predicted octanol–water partition coefficient (Wildman–Crippen LogP) is 2.24. The van der Waals surface area contributed by atoms with Crippen molar-refractivity contribution in [3.05, 3.63) is 0 Å². The highest BCUT2D eigenvalue weighted by atomic mass is 16.2. The average molecular weight is 268 g/mol. The summed E-state index contributed by atoms with van der Waals surface area (Å²) >= 11 is 0. The zero-order chi connectivity index (χ0) is 14.1. The SMILES string of the molecule is CC(C)C(=O)NCCNC(=O)CCC1CCCCC1. The van der Waals surface area contributed by atoms with Gasteiger partial charge in [-0.05, 0) is 12.3 Å². The summed E-state index contributed by atoms with van der Waals surface area (Å²) in [5.41, 5.74) is 0. The van der Waals surface area contributed by atoms with Crippen LogP contribution in [-0.4, -0.2) is 24.9 Å². The summed E-state index contributed by atoms with van der Waals surface area (Å²) in [6, 6.07) is 0. The lowest BCUT2D eigenvalue weighted by molar-refractivity contribution is -0.124. The van der Waals surface area contributed by atoms with Crippen LogP contribution in [0.2, 0.25) is 0 Å². The maximum absolute atomic E-state index is 11.6. The molecule has 4 nitrogen and oxygen atoms in total. The van der Waals surface area contributed by atoms with E-state index >= 15 is 0 Å².